The van der Waals surface area contributed by atoms with Crippen LogP contribution < -0.4 is 21.3 Å². The highest BCUT2D eigenvalue weighted by atomic mass is 16.5. The second kappa shape index (κ2) is 11.0. The van der Waals surface area contributed by atoms with Crippen LogP contribution in [0, 0.1) is 11.3 Å². The molecule has 1 fully saturated rings. The van der Waals surface area contributed by atoms with Crippen molar-refractivity contribution in [2.24, 2.45) is 16.3 Å². The molecule has 0 amide bonds. The molecule has 1 saturated heterocycles. The highest BCUT2D eigenvalue weighted by Crippen LogP contribution is 2.33. The monoisotopic (exact) mass is 419 g/mol. The van der Waals surface area contributed by atoms with E-state index in [1.54, 1.807) is 0 Å². The first-order valence-corrected chi connectivity index (χ1v) is 11.6. The summed E-state index contributed by atoms with van der Waals surface area (Å²) in [6.07, 6.45) is 8.74. The van der Waals surface area contributed by atoms with Gasteiger partial charge in [0.25, 0.3) is 0 Å². The van der Waals surface area contributed by atoms with Gasteiger partial charge in [-0.2, -0.15) is 0 Å². The predicted octanol–water partition coefficient (Wildman–Crippen LogP) is 3.18. The molecular weight excluding hydrogens is 378 g/mol. The smallest absolute Gasteiger partial charge is 0.197 e. The standard InChI is InChI=1S/C23H41N5O2/c1-5-19-17(2)21(26-14-18-8-12-29-13-9-18)28-22(27-19)25-11-7-6-10-23(3,4)20-15-24-16-30-20/h15,18,21,24,26H,5-14,16H2,1-4H3,(H2,25,27,28). The number of hydrogen-bond donors (Lipinski definition) is 4. The zero-order valence-electron chi connectivity index (χ0n) is 19.3. The van der Waals surface area contributed by atoms with Crippen molar-refractivity contribution in [1.82, 2.24) is 21.3 Å². The van der Waals surface area contributed by atoms with Crippen LogP contribution in [0.15, 0.2) is 28.2 Å². The highest BCUT2D eigenvalue weighted by molar-refractivity contribution is 5.83. The minimum atomic E-state index is 0.0758. The summed E-state index contributed by atoms with van der Waals surface area (Å²) >= 11 is 0. The van der Waals surface area contributed by atoms with Crippen molar-refractivity contribution in [2.45, 2.75) is 72.4 Å². The van der Waals surface area contributed by atoms with Gasteiger partial charge in [-0.05, 0) is 50.5 Å². The molecule has 3 heterocycles. The van der Waals surface area contributed by atoms with Gasteiger partial charge in [-0.25, -0.2) is 0 Å². The van der Waals surface area contributed by atoms with Gasteiger partial charge in [0.2, 0.25) is 0 Å². The highest BCUT2D eigenvalue weighted by Gasteiger charge is 2.27. The average Bonchev–Trinajstić information content (AvgIpc) is 3.30. The molecule has 0 bridgehead atoms. The Hall–Kier alpha value is -1.73. The summed E-state index contributed by atoms with van der Waals surface area (Å²) in [7, 11) is 0. The SMILES string of the molecule is CCC1=C(C)C(NCC2CCOCC2)NC(=NCCCCC(C)(C)C2=CNCO2)N1. The molecule has 1 unspecified atom stereocenters. The van der Waals surface area contributed by atoms with E-state index in [1.807, 2.05) is 6.20 Å². The number of hydrogen-bond acceptors (Lipinski definition) is 5. The number of ether oxygens (including phenoxy) is 2. The fourth-order valence-electron chi connectivity index (χ4n) is 4.27. The maximum Gasteiger partial charge on any atom is 0.197 e. The Morgan fingerprint density at radius 2 is 2.03 bits per heavy atom. The summed E-state index contributed by atoms with van der Waals surface area (Å²) in [5.41, 5.74) is 2.69. The van der Waals surface area contributed by atoms with E-state index in [0.717, 1.165) is 76.5 Å². The maximum atomic E-state index is 5.67. The van der Waals surface area contributed by atoms with E-state index in [0.29, 0.717) is 12.6 Å². The van der Waals surface area contributed by atoms with Crippen LogP contribution in [0.1, 0.15) is 66.2 Å². The Balaban J connectivity index is 1.45. The normalized spacial score (nSPS) is 24.2. The van der Waals surface area contributed by atoms with E-state index < -0.39 is 0 Å². The lowest BCUT2D eigenvalue weighted by Crippen LogP contribution is -2.56. The summed E-state index contributed by atoms with van der Waals surface area (Å²) < 4.78 is 11.1. The second-order valence-electron chi connectivity index (χ2n) is 9.25. The summed E-state index contributed by atoms with van der Waals surface area (Å²) in [5, 5.41) is 13.9. The number of guanidine groups is 1. The van der Waals surface area contributed by atoms with Crippen LogP contribution in [-0.4, -0.2) is 45.2 Å². The fraction of sp³-hybridized carbons (Fsp3) is 0.783. The zero-order chi connectivity index (χ0) is 21.4. The third-order valence-electron chi connectivity index (χ3n) is 6.46. The van der Waals surface area contributed by atoms with Gasteiger partial charge in [0.15, 0.2) is 12.7 Å². The largest absolute Gasteiger partial charge is 0.476 e. The molecule has 0 aromatic rings. The number of allylic oxidation sites excluding steroid dienone is 2. The lowest BCUT2D eigenvalue weighted by molar-refractivity contribution is 0.0656. The molecule has 0 radical (unpaired) electrons. The summed E-state index contributed by atoms with van der Waals surface area (Å²) in [6.45, 7) is 13.1. The Bertz CT molecular complexity index is 650. The van der Waals surface area contributed by atoms with Gasteiger partial charge < -0.3 is 25.4 Å². The van der Waals surface area contributed by atoms with Crippen LogP contribution in [0.3, 0.4) is 0 Å². The molecule has 0 saturated carbocycles. The molecule has 7 heteroatoms. The first kappa shape index (κ1) is 22.9. The van der Waals surface area contributed by atoms with E-state index in [-0.39, 0.29) is 11.6 Å². The van der Waals surface area contributed by atoms with Crippen LogP contribution in [-0.2, 0) is 9.47 Å². The van der Waals surface area contributed by atoms with E-state index in [9.17, 15) is 0 Å². The molecule has 0 spiro atoms. The van der Waals surface area contributed by atoms with Gasteiger partial charge in [0, 0.05) is 43.6 Å². The predicted molar refractivity (Wildman–Crippen MR) is 122 cm³/mol. The minimum Gasteiger partial charge on any atom is -0.476 e. The van der Waals surface area contributed by atoms with E-state index in [2.05, 4.69) is 49.0 Å². The number of unbranched alkanes of at least 4 members (excludes halogenated alkanes) is 1. The molecular formula is C23H41N5O2. The number of nitrogens with one attached hydrogen (secondary N) is 4. The van der Waals surface area contributed by atoms with Gasteiger partial charge in [0.1, 0.15) is 11.9 Å². The molecule has 7 nitrogen and oxygen atoms in total. The third-order valence-corrected chi connectivity index (χ3v) is 6.46. The topological polar surface area (TPSA) is 78.9 Å². The second-order valence-corrected chi connectivity index (χ2v) is 9.25. The molecule has 3 aliphatic heterocycles. The zero-order valence-corrected chi connectivity index (χ0v) is 19.3. The van der Waals surface area contributed by atoms with Crippen molar-refractivity contribution in [3.8, 4) is 0 Å². The van der Waals surface area contributed by atoms with Crippen molar-refractivity contribution in [3.63, 3.8) is 0 Å². The van der Waals surface area contributed by atoms with E-state index >= 15 is 0 Å². The summed E-state index contributed by atoms with van der Waals surface area (Å²) in [5.74, 6) is 2.66. The third kappa shape index (κ3) is 6.38. The number of rotatable bonds is 10. The first-order valence-electron chi connectivity index (χ1n) is 11.6. The quantitative estimate of drug-likeness (QED) is 0.408. The van der Waals surface area contributed by atoms with Crippen LogP contribution >= 0.6 is 0 Å². The van der Waals surface area contributed by atoms with Crippen molar-refractivity contribution < 1.29 is 9.47 Å². The Morgan fingerprint density at radius 3 is 2.73 bits per heavy atom. The lowest BCUT2D eigenvalue weighted by Gasteiger charge is -2.33. The molecule has 0 aliphatic carbocycles. The Morgan fingerprint density at radius 1 is 1.23 bits per heavy atom. The lowest BCUT2D eigenvalue weighted by atomic mass is 9.85. The van der Waals surface area contributed by atoms with Gasteiger partial charge in [0.05, 0.1) is 0 Å². The van der Waals surface area contributed by atoms with Crippen molar-refractivity contribution in [2.75, 3.05) is 33.0 Å². The maximum absolute atomic E-state index is 5.67. The molecule has 170 valence electrons. The van der Waals surface area contributed by atoms with Crippen LogP contribution in [0.25, 0.3) is 0 Å². The first-order chi connectivity index (χ1) is 14.5. The number of aliphatic imine (C=N–C) groups is 1. The van der Waals surface area contributed by atoms with Crippen molar-refractivity contribution >= 4 is 5.96 Å². The van der Waals surface area contributed by atoms with Gasteiger partial charge in [-0.15, -0.1) is 0 Å². The summed E-state index contributed by atoms with van der Waals surface area (Å²) in [4.78, 5) is 4.82. The van der Waals surface area contributed by atoms with E-state index in [1.165, 1.54) is 11.3 Å². The molecule has 0 aromatic carbocycles. The molecule has 1 atom stereocenters. The Labute approximate surface area is 182 Å². The molecule has 3 rings (SSSR count). The minimum absolute atomic E-state index is 0.0758. The summed E-state index contributed by atoms with van der Waals surface area (Å²) in [6, 6.07) is 0. The van der Waals surface area contributed by atoms with Crippen molar-refractivity contribution in [1.29, 1.82) is 0 Å². The Kier molecular flexibility index (Phi) is 8.45. The van der Waals surface area contributed by atoms with Crippen LogP contribution in [0.4, 0.5) is 0 Å². The van der Waals surface area contributed by atoms with Gasteiger partial charge in [-0.3, -0.25) is 10.3 Å². The molecule has 30 heavy (non-hydrogen) atoms. The van der Waals surface area contributed by atoms with Crippen molar-refractivity contribution in [3.05, 3.63) is 23.2 Å². The molecule has 3 aliphatic rings. The average molecular weight is 420 g/mol. The molecule has 4 N–H and O–H groups in total. The van der Waals surface area contributed by atoms with Gasteiger partial charge in [-0.1, -0.05) is 27.2 Å². The molecule has 0 aromatic heterocycles. The van der Waals surface area contributed by atoms with Crippen LogP contribution in [0.2, 0.25) is 0 Å². The van der Waals surface area contributed by atoms with Gasteiger partial charge >= 0.3 is 0 Å². The number of nitrogens with zero attached hydrogens (tertiary/aromatic N) is 1. The fourth-order valence-corrected chi connectivity index (χ4v) is 4.27. The van der Waals surface area contributed by atoms with E-state index in [4.69, 9.17) is 14.5 Å². The van der Waals surface area contributed by atoms with Crippen LogP contribution in [0.5, 0.6) is 0 Å².